The van der Waals surface area contributed by atoms with Gasteiger partial charge in [-0.15, -0.1) is 0 Å². The average Bonchev–Trinajstić information content (AvgIpc) is 2.61. The van der Waals surface area contributed by atoms with Crippen LogP contribution in [0, 0.1) is 11.8 Å². The first-order chi connectivity index (χ1) is 7.38. The van der Waals surface area contributed by atoms with Gasteiger partial charge in [0.15, 0.2) is 0 Å². The van der Waals surface area contributed by atoms with Crippen LogP contribution in [0.1, 0.15) is 17.9 Å². The fraction of sp³-hybridized carbons (Fsp3) is 0.538. The van der Waals surface area contributed by atoms with Crippen LogP contribution in [0.15, 0.2) is 24.3 Å². The second-order valence-electron chi connectivity index (χ2n) is 4.70. The number of rotatable bonds is 2. The Morgan fingerprint density at radius 1 is 1.33 bits per heavy atom. The number of nitrogens with one attached hydrogen (secondary N) is 1. The summed E-state index contributed by atoms with van der Waals surface area (Å²) in [4.78, 5) is 0. The van der Waals surface area contributed by atoms with Gasteiger partial charge in [-0.2, -0.15) is 0 Å². The predicted molar refractivity (Wildman–Crippen MR) is 60.2 cm³/mol. The van der Waals surface area contributed by atoms with Gasteiger partial charge in [0.1, 0.15) is 5.75 Å². The molecule has 0 radical (unpaired) electrons. The monoisotopic (exact) mass is 203 g/mol. The van der Waals surface area contributed by atoms with Gasteiger partial charge in [-0.25, -0.2) is 0 Å². The van der Waals surface area contributed by atoms with Crippen LogP contribution in [0.4, 0.5) is 0 Å². The number of fused-ring (bicyclic) bond motifs is 1. The van der Waals surface area contributed by atoms with Crippen LogP contribution in [-0.4, -0.2) is 20.2 Å². The Morgan fingerprint density at radius 3 is 3.07 bits per heavy atom. The number of methoxy groups -OCH3 is 1. The van der Waals surface area contributed by atoms with Crippen molar-refractivity contribution in [3.63, 3.8) is 0 Å². The third kappa shape index (κ3) is 1.44. The first kappa shape index (κ1) is 9.22. The Balaban J connectivity index is 1.81. The largest absolute Gasteiger partial charge is 0.497 e. The lowest BCUT2D eigenvalue weighted by molar-refractivity contribution is 0.190. The highest BCUT2D eigenvalue weighted by molar-refractivity contribution is 5.33. The fourth-order valence-corrected chi connectivity index (χ4v) is 3.04. The van der Waals surface area contributed by atoms with Gasteiger partial charge >= 0.3 is 0 Å². The standard InChI is InChI=1S/C13H17NO/c1-15-11-4-2-3-9(5-11)12-6-10-7-14-8-13(10)12/h2-5,10,12-14H,6-8H2,1H3/t10-,12+,13+/m1/s1. The van der Waals surface area contributed by atoms with Crippen LogP contribution in [-0.2, 0) is 0 Å². The lowest BCUT2D eigenvalue weighted by Crippen LogP contribution is -2.33. The van der Waals surface area contributed by atoms with Crippen LogP contribution in [0.5, 0.6) is 5.75 Å². The molecule has 3 atom stereocenters. The Hall–Kier alpha value is -1.02. The van der Waals surface area contributed by atoms with Crippen molar-refractivity contribution in [2.75, 3.05) is 20.2 Å². The fourth-order valence-electron chi connectivity index (χ4n) is 3.04. The Labute approximate surface area is 90.6 Å². The lowest BCUT2D eigenvalue weighted by atomic mass is 9.64. The average molecular weight is 203 g/mol. The van der Waals surface area contributed by atoms with E-state index in [4.69, 9.17) is 4.74 Å². The minimum Gasteiger partial charge on any atom is -0.497 e. The Bertz CT molecular complexity index is 363. The smallest absolute Gasteiger partial charge is 0.119 e. The molecule has 0 bridgehead atoms. The molecule has 2 nitrogen and oxygen atoms in total. The molecule has 3 rings (SSSR count). The molecule has 15 heavy (non-hydrogen) atoms. The van der Waals surface area contributed by atoms with Gasteiger partial charge in [0, 0.05) is 0 Å². The number of hydrogen-bond acceptors (Lipinski definition) is 2. The number of ether oxygens (including phenoxy) is 1. The molecular weight excluding hydrogens is 186 g/mol. The van der Waals surface area contributed by atoms with Crippen molar-refractivity contribution in [2.24, 2.45) is 11.8 Å². The minimum atomic E-state index is 0.764. The third-order valence-electron chi connectivity index (χ3n) is 3.99. The molecule has 1 saturated carbocycles. The van der Waals surface area contributed by atoms with E-state index in [0.29, 0.717) is 0 Å². The van der Waals surface area contributed by atoms with E-state index in [-0.39, 0.29) is 0 Å². The molecule has 0 aromatic heterocycles. The predicted octanol–water partition coefficient (Wildman–Crippen LogP) is 2.02. The van der Waals surface area contributed by atoms with Crippen LogP contribution in [0.25, 0.3) is 0 Å². The molecule has 1 saturated heterocycles. The molecule has 1 aromatic rings. The molecule has 1 N–H and O–H groups in total. The van der Waals surface area contributed by atoms with Gasteiger partial charge in [0.25, 0.3) is 0 Å². The molecule has 2 aliphatic rings. The van der Waals surface area contributed by atoms with Crippen molar-refractivity contribution < 1.29 is 4.74 Å². The van der Waals surface area contributed by atoms with Crippen LogP contribution < -0.4 is 10.1 Å². The summed E-state index contributed by atoms with van der Waals surface area (Å²) in [7, 11) is 1.74. The van der Waals surface area contributed by atoms with E-state index in [2.05, 4.69) is 23.5 Å². The van der Waals surface area contributed by atoms with E-state index < -0.39 is 0 Å². The Morgan fingerprint density at radius 2 is 2.27 bits per heavy atom. The molecular formula is C13H17NO. The number of benzene rings is 1. The van der Waals surface area contributed by atoms with E-state index >= 15 is 0 Å². The molecule has 1 aliphatic carbocycles. The first-order valence-corrected chi connectivity index (χ1v) is 5.73. The van der Waals surface area contributed by atoms with Crippen molar-refractivity contribution in [1.82, 2.24) is 5.32 Å². The molecule has 1 aliphatic heterocycles. The zero-order valence-corrected chi connectivity index (χ0v) is 9.07. The highest BCUT2D eigenvalue weighted by Gasteiger charge is 2.44. The van der Waals surface area contributed by atoms with E-state index in [9.17, 15) is 0 Å². The second kappa shape index (κ2) is 3.53. The normalized spacial score (nSPS) is 33.3. The molecule has 1 heterocycles. The quantitative estimate of drug-likeness (QED) is 0.794. The molecule has 80 valence electrons. The summed E-state index contributed by atoms with van der Waals surface area (Å²) in [6.07, 6.45) is 1.35. The molecule has 0 spiro atoms. The van der Waals surface area contributed by atoms with Crippen LogP contribution >= 0.6 is 0 Å². The summed E-state index contributed by atoms with van der Waals surface area (Å²) >= 11 is 0. The van der Waals surface area contributed by atoms with Crippen molar-refractivity contribution in [2.45, 2.75) is 12.3 Å². The zero-order chi connectivity index (χ0) is 10.3. The topological polar surface area (TPSA) is 21.3 Å². The van der Waals surface area contributed by atoms with Crippen molar-refractivity contribution in [3.8, 4) is 5.75 Å². The van der Waals surface area contributed by atoms with E-state index in [1.54, 1.807) is 7.11 Å². The highest BCUT2D eigenvalue weighted by atomic mass is 16.5. The molecule has 0 amide bonds. The van der Waals surface area contributed by atoms with Crippen molar-refractivity contribution in [1.29, 1.82) is 0 Å². The summed E-state index contributed by atoms with van der Waals surface area (Å²) in [5.74, 6) is 3.56. The zero-order valence-electron chi connectivity index (χ0n) is 9.07. The Kier molecular flexibility index (Phi) is 2.17. The maximum Gasteiger partial charge on any atom is 0.119 e. The molecule has 0 unspecified atom stereocenters. The maximum absolute atomic E-state index is 5.27. The van der Waals surface area contributed by atoms with Crippen LogP contribution in [0.2, 0.25) is 0 Å². The third-order valence-corrected chi connectivity index (χ3v) is 3.99. The SMILES string of the molecule is COc1cccc([C@@H]2C[C@@H]3CNC[C@@H]32)c1. The summed E-state index contributed by atoms with van der Waals surface area (Å²) < 4.78 is 5.27. The lowest BCUT2D eigenvalue weighted by Gasteiger charge is -2.40. The van der Waals surface area contributed by atoms with Gasteiger partial charge < -0.3 is 10.1 Å². The second-order valence-corrected chi connectivity index (χ2v) is 4.70. The van der Waals surface area contributed by atoms with Crippen molar-refractivity contribution in [3.05, 3.63) is 29.8 Å². The summed E-state index contributed by atoms with van der Waals surface area (Å²) in [6, 6.07) is 8.55. The van der Waals surface area contributed by atoms with E-state index in [1.807, 2.05) is 6.07 Å². The molecule has 2 fully saturated rings. The van der Waals surface area contributed by atoms with Gasteiger partial charge in [0.2, 0.25) is 0 Å². The number of hydrogen-bond donors (Lipinski definition) is 1. The van der Waals surface area contributed by atoms with Gasteiger partial charge in [-0.05, 0) is 55.0 Å². The first-order valence-electron chi connectivity index (χ1n) is 5.73. The molecule has 2 heteroatoms. The van der Waals surface area contributed by atoms with Gasteiger partial charge in [-0.3, -0.25) is 0 Å². The summed E-state index contributed by atoms with van der Waals surface area (Å²) in [5.41, 5.74) is 1.46. The molecule has 1 aromatic carbocycles. The minimum absolute atomic E-state index is 0.764. The van der Waals surface area contributed by atoms with Gasteiger partial charge in [0.05, 0.1) is 7.11 Å². The summed E-state index contributed by atoms with van der Waals surface area (Å²) in [6.45, 7) is 2.43. The van der Waals surface area contributed by atoms with Gasteiger partial charge in [-0.1, -0.05) is 12.1 Å². The van der Waals surface area contributed by atoms with Crippen LogP contribution in [0.3, 0.4) is 0 Å². The van der Waals surface area contributed by atoms with E-state index in [1.165, 1.54) is 25.1 Å². The van der Waals surface area contributed by atoms with E-state index in [0.717, 1.165) is 23.5 Å². The summed E-state index contributed by atoms with van der Waals surface area (Å²) in [5, 5.41) is 3.48. The maximum atomic E-state index is 5.27. The highest BCUT2D eigenvalue weighted by Crippen LogP contribution is 2.49. The van der Waals surface area contributed by atoms with Crippen molar-refractivity contribution >= 4 is 0 Å².